The molecular formula is C18H19N3O. The van der Waals surface area contributed by atoms with Crippen molar-refractivity contribution in [1.29, 1.82) is 0 Å². The minimum Gasteiger partial charge on any atom is -0.508 e. The quantitative estimate of drug-likeness (QED) is 0.776. The topological polar surface area (TPSA) is 50.9 Å². The SMILES string of the molecule is Oc1ccccc1C1CCCC(n2nc3ccccc3n2)C1. The van der Waals surface area contributed by atoms with Crippen LogP contribution in [0.3, 0.4) is 0 Å². The van der Waals surface area contributed by atoms with Crippen LogP contribution in [-0.4, -0.2) is 20.1 Å². The molecule has 0 amide bonds. The van der Waals surface area contributed by atoms with Gasteiger partial charge in [-0.15, -0.1) is 0 Å². The Morgan fingerprint density at radius 2 is 1.59 bits per heavy atom. The van der Waals surface area contributed by atoms with Gasteiger partial charge in [0.05, 0.1) is 6.04 Å². The molecule has 2 aromatic carbocycles. The summed E-state index contributed by atoms with van der Waals surface area (Å²) in [6, 6.07) is 16.0. The zero-order valence-corrected chi connectivity index (χ0v) is 12.4. The van der Waals surface area contributed by atoms with Crippen molar-refractivity contribution in [2.45, 2.75) is 37.6 Å². The van der Waals surface area contributed by atoms with Gasteiger partial charge in [0.15, 0.2) is 0 Å². The van der Waals surface area contributed by atoms with Crippen molar-refractivity contribution in [1.82, 2.24) is 15.0 Å². The molecule has 4 nitrogen and oxygen atoms in total. The second-order valence-corrected chi connectivity index (χ2v) is 6.09. The second kappa shape index (κ2) is 5.44. The Labute approximate surface area is 129 Å². The lowest BCUT2D eigenvalue weighted by Crippen LogP contribution is -2.20. The monoisotopic (exact) mass is 293 g/mol. The average molecular weight is 293 g/mol. The van der Waals surface area contributed by atoms with Crippen molar-refractivity contribution in [3.8, 4) is 5.75 Å². The molecule has 1 aliphatic rings. The summed E-state index contributed by atoms with van der Waals surface area (Å²) in [6.45, 7) is 0. The summed E-state index contributed by atoms with van der Waals surface area (Å²) in [4.78, 5) is 1.89. The van der Waals surface area contributed by atoms with Gasteiger partial charge in [-0.3, -0.25) is 0 Å². The van der Waals surface area contributed by atoms with Crippen molar-refractivity contribution in [3.05, 3.63) is 54.1 Å². The minimum atomic E-state index is 0.311. The van der Waals surface area contributed by atoms with Crippen molar-refractivity contribution >= 4 is 11.0 Å². The molecule has 4 rings (SSSR count). The predicted octanol–water partition coefficient (Wildman–Crippen LogP) is 4.04. The lowest BCUT2D eigenvalue weighted by molar-refractivity contribution is 0.275. The van der Waals surface area contributed by atoms with Crippen molar-refractivity contribution in [2.75, 3.05) is 0 Å². The fourth-order valence-corrected chi connectivity index (χ4v) is 3.53. The summed E-state index contributed by atoms with van der Waals surface area (Å²) < 4.78 is 0. The number of hydrogen-bond acceptors (Lipinski definition) is 3. The van der Waals surface area contributed by atoms with Gasteiger partial charge in [-0.2, -0.15) is 15.0 Å². The highest BCUT2D eigenvalue weighted by atomic mass is 16.3. The summed E-state index contributed by atoms with van der Waals surface area (Å²) in [5, 5.41) is 19.4. The molecule has 0 radical (unpaired) electrons. The van der Waals surface area contributed by atoms with E-state index in [1.807, 2.05) is 47.3 Å². The van der Waals surface area contributed by atoms with Crippen LogP contribution in [0.2, 0.25) is 0 Å². The number of benzene rings is 2. The van der Waals surface area contributed by atoms with Gasteiger partial charge in [0.2, 0.25) is 0 Å². The van der Waals surface area contributed by atoms with E-state index >= 15 is 0 Å². The molecule has 4 heteroatoms. The number of phenols is 1. The van der Waals surface area contributed by atoms with Gasteiger partial charge in [0.25, 0.3) is 0 Å². The molecule has 2 unspecified atom stereocenters. The standard InChI is InChI=1S/C18H19N3O/c22-18-11-4-1-8-15(18)13-6-5-7-14(12-13)21-19-16-9-2-3-10-17(16)20-21/h1-4,8-11,13-14,22H,5-7,12H2. The van der Waals surface area contributed by atoms with Crippen LogP contribution < -0.4 is 0 Å². The summed E-state index contributed by atoms with van der Waals surface area (Å²) >= 11 is 0. The van der Waals surface area contributed by atoms with E-state index in [9.17, 15) is 5.11 Å². The Balaban J connectivity index is 1.62. The molecule has 2 atom stereocenters. The van der Waals surface area contributed by atoms with Crippen LogP contribution in [0.4, 0.5) is 0 Å². The maximum Gasteiger partial charge on any atom is 0.119 e. The Bertz CT molecular complexity index is 763. The van der Waals surface area contributed by atoms with Gasteiger partial charge in [0.1, 0.15) is 16.8 Å². The first-order valence-electron chi connectivity index (χ1n) is 7.91. The number of para-hydroxylation sites is 1. The molecule has 1 heterocycles. The van der Waals surface area contributed by atoms with Crippen LogP contribution in [0.1, 0.15) is 43.2 Å². The largest absolute Gasteiger partial charge is 0.508 e. The molecule has 1 fully saturated rings. The van der Waals surface area contributed by atoms with Crippen molar-refractivity contribution in [3.63, 3.8) is 0 Å². The highest BCUT2D eigenvalue weighted by Crippen LogP contribution is 2.41. The zero-order valence-electron chi connectivity index (χ0n) is 12.4. The summed E-state index contributed by atoms with van der Waals surface area (Å²) in [7, 11) is 0. The van der Waals surface area contributed by atoms with Crippen LogP contribution in [0.5, 0.6) is 5.75 Å². The molecule has 1 N–H and O–H groups in total. The summed E-state index contributed by atoms with van der Waals surface area (Å²) in [5.74, 6) is 0.792. The number of aromatic hydroxyl groups is 1. The van der Waals surface area contributed by atoms with E-state index in [0.29, 0.717) is 17.7 Å². The van der Waals surface area contributed by atoms with E-state index in [4.69, 9.17) is 0 Å². The van der Waals surface area contributed by atoms with Crippen LogP contribution in [0.15, 0.2) is 48.5 Å². The molecule has 22 heavy (non-hydrogen) atoms. The number of phenolic OH excluding ortho intramolecular Hbond substituents is 1. The Morgan fingerprint density at radius 1 is 0.909 bits per heavy atom. The number of nitrogens with zero attached hydrogens (tertiary/aromatic N) is 3. The molecule has 0 aliphatic heterocycles. The van der Waals surface area contributed by atoms with Crippen molar-refractivity contribution in [2.24, 2.45) is 0 Å². The number of aromatic nitrogens is 3. The minimum absolute atomic E-state index is 0.311. The molecular weight excluding hydrogens is 274 g/mol. The number of hydrogen-bond donors (Lipinski definition) is 1. The lowest BCUT2D eigenvalue weighted by Gasteiger charge is -2.29. The van der Waals surface area contributed by atoms with Gasteiger partial charge >= 0.3 is 0 Å². The Hall–Kier alpha value is -2.36. The first-order chi connectivity index (χ1) is 10.8. The maximum atomic E-state index is 10.1. The first-order valence-corrected chi connectivity index (χ1v) is 7.91. The van der Waals surface area contributed by atoms with E-state index < -0.39 is 0 Å². The van der Waals surface area contributed by atoms with Crippen LogP contribution >= 0.6 is 0 Å². The maximum absolute atomic E-state index is 10.1. The van der Waals surface area contributed by atoms with Gasteiger partial charge in [-0.1, -0.05) is 36.8 Å². The van der Waals surface area contributed by atoms with Gasteiger partial charge in [-0.05, 0) is 48.9 Å². The third kappa shape index (κ3) is 2.34. The first kappa shape index (κ1) is 13.3. The van der Waals surface area contributed by atoms with E-state index in [1.54, 1.807) is 6.07 Å². The number of fused-ring (bicyclic) bond motifs is 1. The van der Waals surface area contributed by atoms with Gasteiger partial charge < -0.3 is 5.11 Å². The fraction of sp³-hybridized carbons (Fsp3) is 0.333. The molecule has 0 saturated heterocycles. The highest BCUT2D eigenvalue weighted by molar-refractivity contribution is 5.72. The van der Waals surface area contributed by atoms with E-state index in [1.165, 1.54) is 0 Å². The second-order valence-electron chi connectivity index (χ2n) is 6.09. The molecule has 112 valence electrons. The van der Waals surface area contributed by atoms with Gasteiger partial charge in [0, 0.05) is 0 Å². The van der Waals surface area contributed by atoms with E-state index in [-0.39, 0.29) is 0 Å². The average Bonchev–Trinajstić information content (AvgIpc) is 2.99. The zero-order chi connectivity index (χ0) is 14.9. The van der Waals surface area contributed by atoms with Gasteiger partial charge in [-0.25, -0.2) is 0 Å². The number of rotatable bonds is 2. The van der Waals surface area contributed by atoms with Crippen LogP contribution in [0.25, 0.3) is 11.0 Å². The van der Waals surface area contributed by atoms with Crippen LogP contribution in [0, 0.1) is 0 Å². The molecule has 1 saturated carbocycles. The van der Waals surface area contributed by atoms with Crippen molar-refractivity contribution < 1.29 is 5.11 Å². The molecule has 3 aromatic rings. The molecule has 1 aromatic heterocycles. The third-order valence-electron chi connectivity index (χ3n) is 4.65. The smallest absolute Gasteiger partial charge is 0.119 e. The normalized spacial score (nSPS) is 22.0. The lowest BCUT2D eigenvalue weighted by atomic mass is 9.81. The highest BCUT2D eigenvalue weighted by Gasteiger charge is 2.27. The predicted molar refractivity (Wildman–Crippen MR) is 85.9 cm³/mol. The Kier molecular flexibility index (Phi) is 3.29. The van der Waals surface area contributed by atoms with Crippen LogP contribution in [-0.2, 0) is 0 Å². The third-order valence-corrected chi connectivity index (χ3v) is 4.65. The summed E-state index contributed by atoms with van der Waals surface area (Å²) in [5.41, 5.74) is 2.96. The molecule has 0 bridgehead atoms. The molecule has 1 aliphatic carbocycles. The summed E-state index contributed by atoms with van der Waals surface area (Å²) in [6.07, 6.45) is 4.35. The van der Waals surface area contributed by atoms with E-state index in [2.05, 4.69) is 10.2 Å². The Morgan fingerprint density at radius 3 is 2.32 bits per heavy atom. The molecule has 0 spiro atoms. The van der Waals surface area contributed by atoms with E-state index in [0.717, 1.165) is 42.3 Å². The fourth-order valence-electron chi connectivity index (χ4n) is 3.53.